The van der Waals surface area contributed by atoms with E-state index in [1.54, 1.807) is 23.7 Å². The van der Waals surface area contributed by atoms with Crippen LogP contribution in [-0.2, 0) is 13.0 Å². The predicted octanol–water partition coefficient (Wildman–Crippen LogP) is 5.10. The highest BCUT2D eigenvalue weighted by atomic mass is 79.9. The van der Waals surface area contributed by atoms with Gasteiger partial charge in [-0.1, -0.05) is 30.3 Å². The Morgan fingerprint density at radius 2 is 1.96 bits per heavy atom. The highest BCUT2D eigenvalue weighted by Crippen LogP contribution is 2.20. The minimum atomic E-state index is 0.00999. The van der Waals surface area contributed by atoms with Crippen molar-refractivity contribution >= 4 is 33.2 Å². The number of benzene rings is 1. The lowest BCUT2D eigenvalue weighted by Gasteiger charge is -2.22. The van der Waals surface area contributed by atoms with Crippen molar-refractivity contribution in [3.05, 3.63) is 86.3 Å². The van der Waals surface area contributed by atoms with Gasteiger partial charge in [-0.3, -0.25) is 9.78 Å². The number of rotatable bonds is 6. The van der Waals surface area contributed by atoms with E-state index in [2.05, 4.69) is 52.1 Å². The molecule has 0 saturated heterocycles. The third kappa shape index (κ3) is 5.00. The molecule has 0 fully saturated rings. The van der Waals surface area contributed by atoms with Crippen molar-refractivity contribution in [2.75, 3.05) is 6.54 Å². The molecule has 0 aliphatic rings. The molecule has 0 N–H and O–H groups in total. The topological polar surface area (TPSA) is 33.2 Å². The Kier molecular flexibility index (Phi) is 6.00. The summed E-state index contributed by atoms with van der Waals surface area (Å²) in [5.41, 5.74) is 1.84. The number of aryl methyl sites for hydroxylation is 1. The second kappa shape index (κ2) is 8.41. The molecule has 3 rings (SSSR count). The van der Waals surface area contributed by atoms with Gasteiger partial charge in [-0.15, -0.1) is 11.3 Å². The van der Waals surface area contributed by atoms with Crippen LogP contribution < -0.4 is 0 Å². The lowest BCUT2D eigenvalue weighted by atomic mass is 10.1. The zero-order chi connectivity index (χ0) is 17.6. The Bertz CT molecular complexity index is 848. The fourth-order valence-electron chi connectivity index (χ4n) is 2.63. The van der Waals surface area contributed by atoms with Crippen LogP contribution in [0, 0.1) is 6.92 Å². The summed E-state index contributed by atoms with van der Waals surface area (Å²) in [5.74, 6) is 0.00999. The lowest BCUT2D eigenvalue weighted by molar-refractivity contribution is 0.0746. The Hall–Kier alpha value is -1.98. The van der Waals surface area contributed by atoms with E-state index in [1.807, 2.05) is 29.2 Å². The third-order valence-electron chi connectivity index (χ3n) is 3.89. The van der Waals surface area contributed by atoms with Gasteiger partial charge in [0.05, 0.1) is 12.1 Å². The van der Waals surface area contributed by atoms with Crippen LogP contribution in [0.25, 0.3) is 0 Å². The van der Waals surface area contributed by atoms with Gasteiger partial charge >= 0.3 is 0 Å². The highest BCUT2D eigenvalue weighted by molar-refractivity contribution is 9.10. The Morgan fingerprint density at radius 1 is 1.16 bits per heavy atom. The monoisotopic (exact) mass is 414 g/mol. The largest absolute Gasteiger partial charge is 0.333 e. The van der Waals surface area contributed by atoms with Crippen molar-refractivity contribution in [2.24, 2.45) is 0 Å². The van der Waals surface area contributed by atoms with E-state index in [-0.39, 0.29) is 5.91 Å². The van der Waals surface area contributed by atoms with Gasteiger partial charge in [0, 0.05) is 33.2 Å². The normalized spacial score (nSPS) is 10.6. The molecule has 0 saturated carbocycles. The zero-order valence-electron chi connectivity index (χ0n) is 14.0. The molecule has 3 aromatic rings. The minimum Gasteiger partial charge on any atom is -0.333 e. The van der Waals surface area contributed by atoms with E-state index < -0.39 is 0 Å². The number of aromatic nitrogens is 1. The maximum Gasteiger partial charge on any atom is 0.255 e. The summed E-state index contributed by atoms with van der Waals surface area (Å²) < 4.78 is 0.813. The van der Waals surface area contributed by atoms with Gasteiger partial charge in [0.2, 0.25) is 0 Å². The quantitative estimate of drug-likeness (QED) is 0.561. The molecule has 2 aromatic heterocycles. The molecule has 0 aliphatic heterocycles. The Labute approximate surface area is 160 Å². The van der Waals surface area contributed by atoms with E-state index in [0.29, 0.717) is 18.7 Å². The summed E-state index contributed by atoms with van der Waals surface area (Å²) in [5, 5.41) is 0. The van der Waals surface area contributed by atoms with E-state index in [4.69, 9.17) is 0 Å². The van der Waals surface area contributed by atoms with Crippen LogP contribution in [0.3, 0.4) is 0 Å². The summed E-state index contributed by atoms with van der Waals surface area (Å²) >= 11 is 5.13. The van der Waals surface area contributed by atoms with Crippen molar-refractivity contribution in [3.8, 4) is 0 Å². The van der Waals surface area contributed by atoms with Gasteiger partial charge in [-0.2, -0.15) is 0 Å². The first-order valence-electron chi connectivity index (χ1n) is 8.11. The van der Waals surface area contributed by atoms with Crippen molar-refractivity contribution < 1.29 is 4.79 Å². The van der Waals surface area contributed by atoms with Crippen LogP contribution >= 0.6 is 27.3 Å². The number of carbonyl (C=O) groups excluding carboxylic acids is 1. The number of carbonyl (C=O) groups is 1. The van der Waals surface area contributed by atoms with Crippen LogP contribution in [0.1, 0.15) is 25.7 Å². The molecule has 0 radical (unpaired) electrons. The number of nitrogens with zero attached hydrogens (tertiary/aromatic N) is 2. The Balaban J connectivity index is 1.78. The van der Waals surface area contributed by atoms with Gasteiger partial charge in [-0.05, 0) is 53.0 Å². The first kappa shape index (κ1) is 17.8. The molecule has 128 valence electrons. The average Bonchev–Trinajstić information content (AvgIpc) is 3.04. The smallest absolute Gasteiger partial charge is 0.255 e. The van der Waals surface area contributed by atoms with Gasteiger partial charge in [0.1, 0.15) is 0 Å². The molecule has 0 bridgehead atoms. The first-order chi connectivity index (χ1) is 12.1. The number of thiophene rings is 1. The van der Waals surface area contributed by atoms with E-state index in [9.17, 15) is 4.79 Å². The molecule has 5 heteroatoms. The van der Waals surface area contributed by atoms with E-state index >= 15 is 0 Å². The van der Waals surface area contributed by atoms with Crippen molar-refractivity contribution in [1.29, 1.82) is 0 Å². The molecule has 0 unspecified atom stereocenters. The number of hydrogen-bond acceptors (Lipinski definition) is 3. The van der Waals surface area contributed by atoms with Gasteiger partial charge in [0.25, 0.3) is 5.91 Å². The second-order valence-electron chi connectivity index (χ2n) is 5.87. The third-order valence-corrected chi connectivity index (χ3v) is 5.31. The van der Waals surface area contributed by atoms with Gasteiger partial charge in [0.15, 0.2) is 0 Å². The predicted molar refractivity (Wildman–Crippen MR) is 106 cm³/mol. The molecule has 2 heterocycles. The van der Waals surface area contributed by atoms with Crippen molar-refractivity contribution in [1.82, 2.24) is 9.88 Å². The number of amides is 1. The van der Waals surface area contributed by atoms with Crippen LogP contribution in [0.5, 0.6) is 0 Å². The minimum absolute atomic E-state index is 0.00999. The summed E-state index contributed by atoms with van der Waals surface area (Å²) in [6.45, 7) is 3.38. The molecule has 25 heavy (non-hydrogen) atoms. The van der Waals surface area contributed by atoms with Crippen LogP contribution in [0.2, 0.25) is 0 Å². The van der Waals surface area contributed by atoms with E-state index in [0.717, 1.165) is 10.9 Å². The summed E-state index contributed by atoms with van der Waals surface area (Å²) in [6.07, 6.45) is 4.15. The second-order valence-corrected chi connectivity index (χ2v) is 8.15. The fourth-order valence-corrected chi connectivity index (χ4v) is 3.90. The molecular weight excluding hydrogens is 396 g/mol. The van der Waals surface area contributed by atoms with Gasteiger partial charge in [-0.25, -0.2) is 0 Å². The highest BCUT2D eigenvalue weighted by Gasteiger charge is 2.17. The van der Waals surface area contributed by atoms with Crippen molar-refractivity contribution in [2.45, 2.75) is 19.9 Å². The number of pyridine rings is 1. The van der Waals surface area contributed by atoms with Gasteiger partial charge < -0.3 is 4.90 Å². The zero-order valence-corrected chi connectivity index (χ0v) is 16.4. The maximum absolute atomic E-state index is 13.0. The SMILES string of the molecule is Cc1ccc(CN(CCc2ccccc2)C(=O)c2cncc(Br)c2)s1. The standard InChI is InChI=1S/C20H19BrN2OS/c1-15-7-8-19(25-15)14-23(10-9-16-5-3-2-4-6-16)20(24)17-11-18(21)13-22-12-17/h2-8,11-13H,9-10,14H2,1H3. The lowest BCUT2D eigenvalue weighted by Crippen LogP contribution is -2.32. The summed E-state index contributed by atoms with van der Waals surface area (Å²) in [7, 11) is 0. The summed E-state index contributed by atoms with van der Waals surface area (Å²) in [4.78, 5) is 21.5. The fraction of sp³-hybridized carbons (Fsp3) is 0.200. The van der Waals surface area contributed by atoms with Crippen LogP contribution in [0.4, 0.5) is 0 Å². The number of hydrogen-bond donors (Lipinski definition) is 0. The molecular formula is C20H19BrN2OS. The van der Waals surface area contributed by atoms with E-state index in [1.165, 1.54) is 15.3 Å². The number of halogens is 1. The molecule has 0 spiro atoms. The molecule has 1 aromatic carbocycles. The molecule has 1 amide bonds. The Morgan fingerprint density at radius 3 is 2.64 bits per heavy atom. The van der Waals surface area contributed by atoms with Crippen molar-refractivity contribution in [3.63, 3.8) is 0 Å². The molecule has 3 nitrogen and oxygen atoms in total. The molecule has 0 atom stereocenters. The average molecular weight is 415 g/mol. The first-order valence-corrected chi connectivity index (χ1v) is 9.72. The summed E-state index contributed by atoms with van der Waals surface area (Å²) in [6, 6.07) is 16.3. The maximum atomic E-state index is 13.0. The van der Waals surface area contributed by atoms with Crippen LogP contribution in [0.15, 0.2) is 65.4 Å². The molecule has 0 aliphatic carbocycles. The van der Waals surface area contributed by atoms with Crippen LogP contribution in [-0.4, -0.2) is 22.3 Å².